The molecule has 21 heavy (non-hydrogen) atoms. The van der Waals surface area contributed by atoms with Crippen molar-refractivity contribution in [2.45, 2.75) is 0 Å². The van der Waals surface area contributed by atoms with Crippen molar-refractivity contribution in [2.75, 3.05) is 0 Å². The number of carbonyl (C=O) groups is 3. The first-order chi connectivity index (χ1) is 8.81. The first kappa shape index (κ1) is 32.4. The number of phosphoric acid groups is 1. The summed E-state index contributed by atoms with van der Waals surface area (Å²) in [6, 6.07) is -2.15. The fourth-order valence-electron chi connectivity index (χ4n) is 0. The standard InChI is InChI=1S/3CH5N3O.K.H3O4P/c3*2-1(5)4-3;;1-5(2,3)4/h3*3H2,(H3,2,4,5);;(H3,1,2,3,4)/q;;;+1;/p-1. The second-order valence-electron chi connectivity index (χ2n) is 2.02. The summed E-state index contributed by atoms with van der Waals surface area (Å²) in [5.41, 5.74) is 18.2. The van der Waals surface area contributed by atoms with Gasteiger partial charge in [0, 0.05) is 0 Å². The average Bonchev–Trinajstić information content (AvgIpc) is 2.28. The van der Waals surface area contributed by atoms with Crippen molar-refractivity contribution in [3.05, 3.63) is 0 Å². The van der Waals surface area contributed by atoms with Crippen molar-refractivity contribution in [1.29, 1.82) is 0 Å². The van der Waals surface area contributed by atoms with Gasteiger partial charge in [-0.25, -0.2) is 31.9 Å². The van der Waals surface area contributed by atoms with Gasteiger partial charge in [0.25, 0.3) is 7.82 Å². The molecule has 0 aromatic rings. The number of primary amides is 3. The summed E-state index contributed by atoms with van der Waals surface area (Å²) in [4.78, 5) is 51.0. The number of rotatable bonds is 0. The molecule has 0 aromatic heterocycles. The van der Waals surface area contributed by atoms with Gasteiger partial charge < -0.3 is 31.9 Å². The molecule has 0 aliphatic heterocycles. The summed E-state index contributed by atoms with van der Waals surface area (Å²) < 4.78 is 8.77. The van der Waals surface area contributed by atoms with E-state index in [1.54, 1.807) is 16.3 Å². The van der Waals surface area contributed by atoms with Crippen molar-refractivity contribution >= 4 is 25.9 Å². The van der Waals surface area contributed by atoms with Gasteiger partial charge in [-0.2, -0.15) is 0 Å². The third-order valence-electron chi connectivity index (χ3n) is 0.427. The van der Waals surface area contributed by atoms with Gasteiger partial charge in [-0.05, 0) is 0 Å². The first-order valence-corrected chi connectivity index (χ1v) is 5.39. The van der Waals surface area contributed by atoms with Crippen LogP contribution in [0.2, 0.25) is 0 Å². The Morgan fingerprint density at radius 1 is 0.810 bits per heavy atom. The Hall–Kier alpha value is -0.564. The quantitative estimate of drug-likeness (QED) is 0.0635. The topological polar surface area (TPSA) is 324 Å². The number of carbonyl (C=O) groups excluding carboxylic acids is 3. The number of nitrogens with one attached hydrogen (secondary N) is 3. The molecule has 6 amide bonds. The molecular formula is C3H17KN9O7P. The van der Waals surface area contributed by atoms with Crippen LogP contribution in [-0.2, 0) is 4.57 Å². The van der Waals surface area contributed by atoms with Gasteiger partial charge in [0.1, 0.15) is 0 Å². The summed E-state index contributed by atoms with van der Waals surface area (Å²) in [5, 5.41) is 0. The van der Waals surface area contributed by atoms with E-state index in [1.807, 2.05) is 0 Å². The Labute approximate surface area is 160 Å². The Bertz CT molecular complexity index is 281. The molecule has 0 aromatic carbocycles. The molecule has 0 atom stereocenters. The molecule has 0 unspecified atom stereocenters. The zero-order valence-corrected chi connectivity index (χ0v) is 14.9. The molecule has 0 rings (SSSR count). The van der Waals surface area contributed by atoms with Gasteiger partial charge in [0.2, 0.25) is 0 Å². The molecule has 0 radical (unpaired) electrons. The Balaban J connectivity index is -0.0000000533. The predicted molar refractivity (Wildman–Crippen MR) is 62.8 cm³/mol. The van der Waals surface area contributed by atoms with E-state index in [-0.39, 0.29) is 51.4 Å². The molecule has 16 nitrogen and oxygen atoms in total. The Kier molecular flexibility index (Phi) is 33.5. The summed E-state index contributed by atoms with van der Waals surface area (Å²) in [6.45, 7) is 0. The van der Waals surface area contributed by atoms with Gasteiger partial charge in [-0.15, -0.1) is 0 Å². The second-order valence-corrected chi connectivity index (χ2v) is 3.00. The number of hydrogen-bond acceptors (Lipinski definition) is 8. The number of hydrazine groups is 3. The SMILES string of the molecule is NNC(N)=O.NNC(N)=O.NNC(N)=O.O=P([O-])(O)O.[K+]. The van der Waals surface area contributed by atoms with Crippen LogP contribution < -0.4 is 107 Å². The molecule has 0 saturated heterocycles. The molecular weight excluding hydrogens is 344 g/mol. The molecule has 0 bridgehead atoms. The Morgan fingerprint density at radius 3 is 0.857 bits per heavy atom. The summed E-state index contributed by atoms with van der Waals surface area (Å²) in [7, 11) is -4.89. The van der Waals surface area contributed by atoms with Crippen LogP contribution in [0.15, 0.2) is 0 Å². The van der Waals surface area contributed by atoms with Crippen molar-refractivity contribution in [1.82, 2.24) is 16.3 Å². The van der Waals surface area contributed by atoms with Crippen LogP contribution in [0.3, 0.4) is 0 Å². The molecule has 122 valence electrons. The Morgan fingerprint density at radius 2 is 0.857 bits per heavy atom. The van der Waals surface area contributed by atoms with E-state index in [4.69, 9.17) is 19.2 Å². The number of hydrogen-bond donors (Lipinski definition) is 11. The fourth-order valence-corrected chi connectivity index (χ4v) is 0. The molecule has 0 heterocycles. The summed E-state index contributed by atoms with van der Waals surface area (Å²) >= 11 is 0. The first-order valence-electron chi connectivity index (χ1n) is 3.86. The largest absolute Gasteiger partial charge is 1.00 e. The number of amides is 6. The van der Waals surface area contributed by atoms with Crippen LogP contribution >= 0.6 is 7.82 Å². The van der Waals surface area contributed by atoms with Gasteiger partial charge >= 0.3 is 69.5 Å². The van der Waals surface area contributed by atoms with E-state index < -0.39 is 25.9 Å². The number of urea groups is 3. The molecule has 18 heteroatoms. The maximum Gasteiger partial charge on any atom is 1.00 e. The minimum atomic E-state index is -4.89. The third-order valence-corrected chi connectivity index (χ3v) is 0.427. The van der Waals surface area contributed by atoms with Crippen molar-refractivity contribution < 1.29 is 85.0 Å². The maximum atomic E-state index is 9.35. The predicted octanol–water partition coefficient (Wildman–Crippen LogP) is -8.97. The average molecular weight is 361 g/mol. The minimum absolute atomic E-state index is 0. The van der Waals surface area contributed by atoms with Gasteiger partial charge in [0.15, 0.2) is 0 Å². The van der Waals surface area contributed by atoms with E-state index in [2.05, 4.69) is 34.7 Å². The van der Waals surface area contributed by atoms with Crippen LogP contribution in [0.5, 0.6) is 0 Å². The van der Waals surface area contributed by atoms with Crippen LogP contribution in [0.25, 0.3) is 0 Å². The third kappa shape index (κ3) is 200. The smallest absolute Gasteiger partial charge is 0.756 e. The zero-order valence-electron chi connectivity index (χ0n) is 10.8. The monoisotopic (exact) mass is 361 g/mol. The summed E-state index contributed by atoms with van der Waals surface area (Å²) in [6.07, 6.45) is 0. The molecule has 0 aliphatic carbocycles. The molecule has 0 spiro atoms. The van der Waals surface area contributed by atoms with Crippen molar-refractivity contribution in [3.8, 4) is 0 Å². The zero-order chi connectivity index (χ0) is 17.4. The van der Waals surface area contributed by atoms with E-state index >= 15 is 0 Å². The molecule has 0 saturated carbocycles. The molecule has 0 aliphatic rings. The molecule has 17 N–H and O–H groups in total. The van der Waals surface area contributed by atoms with Crippen LogP contribution in [-0.4, -0.2) is 27.9 Å². The van der Waals surface area contributed by atoms with Gasteiger partial charge in [-0.3, -0.25) is 20.8 Å². The van der Waals surface area contributed by atoms with Crippen molar-refractivity contribution in [3.63, 3.8) is 0 Å². The van der Waals surface area contributed by atoms with Crippen molar-refractivity contribution in [2.24, 2.45) is 34.7 Å². The minimum Gasteiger partial charge on any atom is -0.756 e. The molecule has 0 fully saturated rings. The van der Waals surface area contributed by atoms with E-state index in [9.17, 15) is 14.4 Å². The van der Waals surface area contributed by atoms with E-state index in [0.717, 1.165) is 0 Å². The van der Waals surface area contributed by atoms with Crippen LogP contribution in [0.4, 0.5) is 14.4 Å². The van der Waals surface area contributed by atoms with Gasteiger partial charge in [-0.1, -0.05) is 0 Å². The maximum absolute atomic E-state index is 9.35. The van der Waals surface area contributed by atoms with Crippen LogP contribution in [0.1, 0.15) is 0 Å². The summed E-state index contributed by atoms with van der Waals surface area (Å²) in [5.74, 6) is 13.3. The fraction of sp³-hybridized carbons (Fsp3) is 0. The van der Waals surface area contributed by atoms with Crippen LogP contribution in [0, 0.1) is 0 Å². The van der Waals surface area contributed by atoms with Gasteiger partial charge in [0.05, 0.1) is 0 Å². The normalized spacial score (nSPS) is 7.52. The van der Waals surface area contributed by atoms with E-state index in [1.165, 1.54) is 0 Å². The van der Waals surface area contributed by atoms with E-state index in [0.29, 0.717) is 0 Å². The second kappa shape index (κ2) is 21.7. The number of nitrogens with two attached hydrogens (primary N) is 6.